The molecule has 0 heterocycles. The zero-order chi connectivity index (χ0) is 10.2. The topological polar surface area (TPSA) is 35.2 Å². The molecule has 0 unspecified atom stereocenters. The highest BCUT2D eigenvalue weighted by Gasteiger charge is 1.92. The summed E-state index contributed by atoms with van der Waals surface area (Å²) in [5, 5.41) is 0. The Morgan fingerprint density at radius 2 is 2.29 bits per heavy atom. The SMILES string of the molecule is COCCc1cccc(/C=C/CN)c1. The predicted octanol–water partition coefficient (Wildman–Crippen LogP) is 1.85. The minimum absolute atomic E-state index is 0.586. The molecule has 2 nitrogen and oxygen atoms in total. The molecule has 1 rings (SSSR count). The van der Waals surface area contributed by atoms with Crippen molar-refractivity contribution in [1.82, 2.24) is 0 Å². The van der Waals surface area contributed by atoms with Gasteiger partial charge in [-0.15, -0.1) is 0 Å². The standard InChI is InChI=1S/C12H17NO/c1-14-9-7-12-5-2-4-11(10-12)6-3-8-13/h2-6,10H,7-9,13H2,1H3/b6-3+. The third-order valence-corrected chi connectivity index (χ3v) is 1.99. The molecule has 1 aromatic rings. The van der Waals surface area contributed by atoms with E-state index in [0.717, 1.165) is 13.0 Å². The van der Waals surface area contributed by atoms with E-state index in [-0.39, 0.29) is 0 Å². The van der Waals surface area contributed by atoms with E-state index in [1.807, 2.05) is 12.2 Å². The molecule has 0 radical (unpaired) electrons. The maximum Gasteiger partial charge on any atom is 0.0502 e. The Balaban J connectivity index is 2.63. The van der Waals surface area contributed by atoms with Crippen molar-refractivity contribution >= 4 is 6.08 Å². The quantitative estimate of drug-likeness (QED) is 0.771. The first kappa shape index (κ1) is 11.0. The lowest BCUT2D eigenvalue weighted by molar-refractivity contribution is 0.202. The van der Waals surface area contributed by atoms with Crippen molar-refractivity contribution in [3.8, 4) is 0 Å². The highest BCUT2D eigenvalue weighted by molar-refractivity contribution is 5.50. The van der Waals surface area contributed by atoms with E-state index in [0.29, 0.717) is 6.54 Å². The van der Waals surface area contributed by atoms with Crippen molar-refractivity contribution in [2.24, 2.45) is 5.73 Å². The third-order valence-electron chi connectivity index (χ3n) is 1.99. The van der Waals surface area contributed by atoms with Gasteiger partial charge in [-0.25, -0.2) is 0 Å². The molecule has 14 heavy (non-hydrogen) atoms. The van der Waals surface area contributed by atoms with Gasteiger partial charge in [0.2, 0.25) is 0 Å². The molecule has 0 saturated carbocycles. The fourth-order valence-corrected chi connectivity index (χ4v) is 1.28. The van der Waals surface area contributed by atoms with E-state index in [1.54, 1.807) is 7.11 Å². The zero-order valence-electron chi connectivity index (χ0n) is 8.57. The predicted molar refractivity (Wildman–Crippen MR) is 60.1 cm³/mol. The Morgan fingerprint density at radius 3 is 3.00 bits per heavy atom. The summed E-state index contributed by atoms with van der Waals surface area (Å²) in [4.78, 5) is 0. The Hall–Kier alpha value is -1.12. The maximum atomic E-state index is 5.39. The van der Waals surface area contributed by atoms with Gasteiger partial charge < -0.3 is 10.5 Å². The fraction of sp³-hybridized carbons (Fsp3) is 0.333. The van der Waals surface area contributed by atoms with Crippen molar-refractivity contribution in [2.45, 2.75) is 6.42 Å². The molecular formula is C12H17NO. The van der Waals surface area contributed by atoms with E-state index in [4.69, 9.17) is 10.5 Å². The average molecular weight is 191 g/mol. The first-order valence-electron chi connectivity index (χ1n) is 4.81. The van der Waals surface area contributed by atoms with E-state index < -0.39 is 0 Å². The van der Waals surface area contributed by atoms with Gasteiger partial charge >= 0.3 is 0 Å². The van der Waals surface area contributed by atoms with E-state index in [1.165, 1.54) is 11.1 Å². The highest BCUT2D eigenvalue weighted by atomic mass is 16.5. The number of rotatable bonds is 5. The molecule has 0 aliphatic carbocycles. The number of methoxy groups -OCH3 is 1. The van der Waals surface area contributed by atoms with Gasteiger partial charge in [-0.2, -0.15) is 0 Å². The van der Waals surface area contributed by atoms with E-state index >= 15 is 0 Å². The first-order chi connectivity index (χ1) is 6.86. The summed E-state index contributed by atoms with van der Waals surface area (Å²) in [6.45, 7) is 1.35. The van der Waals surface area contributed by atoms with Gasteiger partial charge in [-0.3, -0.25) is 0 Å². The van der Waals surface area contributed by atoms with Crippen LogP contribution in [0.25, 0.3) is 6.08 Å². The first-order valence-corrected chi connectivity index (χ1v) is 4.81. The van der Waals surface area contributed by atoms with E-state index in [2.05, 4.69) is 24.3 Å². The smallest absolute Gasteiger partial charge is 0.0502 e. The molecule has 2 N–H and O–H groups in total. The summed E-state index contributed by atoms with van der Waals surface area (Å²) < 4.78 is 5.03. The van der Waals surface area contributed by atoms with Crippen molar-refractivity contribution in [3.63, 3.8) is 0 Å². The normalized spacial score (nSPS) is 11.0. The number of nitrogens with two attached hydrogens (primary N) is 1. The van der Waals surface area contributed by atoms with Crippen LogP contribution < -0.4 is 5.73 Å². The molecule has 0 aliphatic heterocycles. The lowest BCUT2D eigenvalue weighted by Crippen LogP contribution is -1.94. The highest BCUT2D eigenvalue weighted by Crippen LogP contribution is 2.07. The zero-order valence-corrected chi connectivity index (χ0v) is 8.57. The van der Waals surface area contributed by atoms with E-state index in [9.17, 15) is 0 Å². The van der Waals surface area contributed by atoms with Crippen LogP contribution in [0.3, 0.4) is 0 Å². The molecule has 0 aliphatic rings. The van der Waals surface area contributed by atoms with Crippen LogP contribution in [0.1, 0.15) is 11.1 Å². The van der Waals surface area contributed by atoms with Crippen LogP contribution in [0.15, 0.2) is 30.3 Å². The summed E-state index contributed by atoms with van der Waals surface area (Å²) in [5.41, 5.74) is 7.88. The van der Waals surface area contributed by atoms with Gasteiger partial charge in [-0.1, -0.05) is 36.4 Å². The van der Waals surface area contributed by atoms with Crippen molar-refractivity contribution in [1.29, 1.82) is 0 Å². The van der Waals surface area contributed by atoms with Crippen LogP contribution in [0, 0.1) is 0 Å². The summed E-state index contributed by atoms with van der Waals surface area (Å²) in [7, 11) is 1.72. The Morgan fingerprint density at radius 1 is 1.43 bits per heavy atom. The fourth-order valence-electron chi connectivity index (χ4n) is 1.28. The van der Waals surface area contributed by atoms with Crippen molar-refractivity contribution in [2.75, 3.05) is 20.3 Å². The monoisotopic (exact) mass is 191 g/mol. The molecule has 0 aromatic heterocycles. The van der Waals surface area contributed by atoms with Gasteiger partial charge in [0.05, 0.1) is 6.61 Å². The van der Waals surface area contributed by atoms with Crippen molar-refractivity contribution < 1.29 is 4.74 Å². The minimum atomic E-state index is 0.586. The summed E-state index contributed by atoms with van der Waals surface area (Å²) in [6.07, 6.45) is 4.95. The lowest BCUT2D eigenvalue weighted by atomic mass is 10.1. The van der Waals surface area contributed by atoms with Crippen LogP contribution in [0.4, 0.5) is 0 Å². The second-order valence-corrected chi connectivity index (χ2v) is 3.13. The second-order valence-electron chi connectivity index (χ2n) is 3.13. The molecule has 0 atom stereocenters. The number of hydrogen-bond donors (Lipinski definition) is 1. The molecular weight excluding hydrogens is 174 g/mol. The van der Waals surface area contributed by atoms with Gasteiger partial charge in [0, 0.05) is 13.7 Å². The molecule has 76 valence electrons. The summed E-state index contributed by atoms with van der Waals surface area (Å²) in [6, 6.07) is 8.40. The van der Waals surface area contributed by atoms with Gasteiger partial charge in [-0.05, 0) is 17.5 Å². The maximum absolute atomic E-state index is 5.39. The second kappa shape index (κ2) is 6.35. The molecule has 0 bridgehead atoms. The van der Waals surface area contributed by atoms with Gasteiger partial charge in [0.1, 0.15) is 0 Å². The van der Waals surface area contributed by atoms with Crippen LogP contribution in [-0.4, -0.2) is 20.3 Å². The summed E-state index contributed by atoms with van der Waals surface area (Å²) >= 11 is 0. The lowest BCUT2D eigenvalue weighted by Gasteiger charge is -2.01. The Labute approximate surface area is 85.4 Å². The third kappa shape index (κ3) is 3.73. The van der Waals surface area contributed by atoms with Crippen molar-refractivity contribution in [3.05, 3.63) is 41.5 Å². The summed E-state index contributed by atoms with van der Waals surface area (Å²) in [5.74, 6) is 0. The van der Waals surface area contributed by atoms with Crippen LogP contribution >= 0.6 is 0 Å². The Kier molecular flexibility index (Phi) is 4.97. The van der Waals surface area contributed by atoms with Crippen LogP contribution in [-0.2, 0) is 11.2 Å². The average Bonchev–Trinajstić information content (AvgIpc) is 2.24. The number of hydrogen-bond acceptors (Lipinski definition) is 2. The molecule has 0 saturated heterocycles. The minimum Gasteiger partial charge on any atom is -0.384 e. The largest absolute Gasteiger partial charge is 0.384 e. The van der Waals surface area contributed by atoms with Crippen LogP contribution in [0.5, 0.6) is 0 Å². The molecule has 0 spiro atoms. The number of benzene rings is 1. The number of ether oxygens (including phenoxy) is 1. The molecule has 2 heteroatoms. The Bertz CT molecular complexity index is 294. The molecule has 0 fully saturated rings. The molecule has 0 amide bonds. The molecule has 1 aromatic carbocycles. The van der Waals surface area contributed by atoms with Crippen LogP contribution in [0.2, 0.25) is 0 Å². The van der Waals surface area contributed by atoms with Gasteiger partial charge in [0.25, 0.3) is 0 Å². The van der Waals surface area contributed by atoms with Gasteiger partial charge in [0.15, 0.2) is 0 Å².